The van der Waals surface area contributed by atoms with Crippen LogP contribution in [0.25, 0.3) is 0 Å². The first-order valence-corrected chi connectivity index (χ1v) is 2.77. The zero-order valence-electron chi connectivity index (χ0n) is 5.47. The Hall–Kier alpha value is -1.30. The van der Waals surface area contributed by atoms with Crippen LogP contribution in [0.5, 0.6) is 0 Å². The summed E-state index contributed by atoms with van der Waals surface area (Å²) in [5.74, 6) is 2.47. The molecule has 0 fully saturated rings. The van der Waals surface area contributed by atoms with Crippen LogP contribution in [-0.4, -0.2) is 5.16 Å². The first kappa shape index (κ1) is 6.81. The number of hydrogen-bond acceptors (Lipinski definition) is 2. The third kappa shape index (κ3) is 1.16. The molecule has 0 saturated heterocycles. The third-order valence-electron chi connectivity index (χ3n) is 1.05. The molecule has 0 aromatic carbocycles. The van der Waals surface area contributed by atoms with Gasteiger partial charge >= 0.3 is 0 Å². The lowest BCUT2D eigenvalue weighted by molar-refractivity contribution is 0.357. The highest BCUT2D eigenvalue weighted by molar-refractivity contribution is 5.15. The van der Waals surface area contributed by atoms with Gasteiger partial charge in [-0.1, -0.05) is 11.1 Å². The van der Waals surface area contributed by atoms with Crippen LogP contribution < -0.4 is 0 Å². The fourth-order valence-corrected chi connectivity index (χ4v) is 0.590. The van der Waals surface area contributed by atoms with E-state index in [1.54, 1.807) is 6.92 Å². The fraction of sp³-hybridized carbons (Fsp3) is 0.286. The maximum atomic E-state index is 12.5. The van der Waals surface area contributed by atoms with Crippen LogP contribution in [0.1, 0.15) is 17.6 Å². The molecule has 1 heterocycles. The van der Waals surface area contributed by atoms with Crippen molar-refractivity contribution in [3.05, 3.63) is 17.5 Å². The van der Waals surface area contributed by atoms with E-state index in [1.807, 2.05) is 5.92 Å². The molecule has 1 atom stereocenters. The molecule has 0 aliphatic heterocycles. The van der Waals surface area contributed by atoms with Gasteiger partial charge in [0.25, 0.3) is 0 Å². The molecular formula is C7H6FNO. The Morgan fingerprint density at radius 1 is 1.90 bits per heavy atom. The number of aromatic nitrogens is 1. The normalized spacial score (nSPS) is 12.5. The van der Waals surface area contributed by atoms with Crippen molar-refractivity contribution in [3.8, 4) is 12.3 Å². The van der Waals surface area contributed by atoms with E-state index < -0.39 is 6.17 Å². The van der Waals surface area contributed by atoms with Crippen molar-refractivity contribution >= 4 is 0 Å². The first-order valence-electron chi connectivity index (χ1n) is 2.77. The molecule has 0 bridgehead atoms. The van der Waals surface area contributed by atoms with E-state index in [2.05, 4.69) is 9.68 Å². The van der Waals surface area contributed by atoms with Crippen LogP contribution in [0, 0.1) is 19.3 Å². The van der Waals surface area contributed by atoms with Gasteiger partial charge in [-0.2, -0.15) is 0 Å². The lowest BCUT2D eigenvalue weighted by Gasteiger charge is -1.88. The van der Waals surface area contributed by atoms with Crippen molar-refractivity contribution in [1.82, 2.24) is 5.16 Å². The molecule has 0 N–H and O–H groups in total. The van der Waals surface area contributed by atoms with Crippen LogP contribution in [0.2, 0.25) is 0 Å². The summed E-state index contributed by atoms with van der Waals surface area (Å²) < 4.78 is 17.1. The molecule has 1 aromatic rings. The van der Waals surface area contributed by atoms with Crippen LogP contribution >= 0.6 is 0 Å². The number of nitrogens with zero attached hydrogens (tertiary/aromatic N) is 1. The van der Waals surface area contributed by atoms with Crippen molar-refractivity contribution in [2.75, 3.05) is 0 Å². The minimum absolute atomic E-state index is 0.167. The van der Waals surface area contributed by atoms with E-state index in [1.165, 1.54) is 6.07 Å². The van der Waals surface area contributed by atoms with Crippen LogP contribution in [0.15, 0.2) is 10.6 Å². The molecule has 1 rings (SSSR count). The third-order valence-corrected chi connectivity index (χ3v) is 1.05. The minimum Gasteiger partial charge on any atom is -0.361 e. The van der Waals surface area contributed by atoms with Gasteiger partial charge in [-0.25, -0.2) is 4.39 Å². The molecule has 1 unspecified atom stereocenters. The molecule has 0 spiro atoms. The average Bonchev–Trinajstić information content (AvgIpc) is 2.34. The Balaban J connectivity index is 2.87. The number of terminal acetylenes is 1. The maximum Gasteiger partial charge on any atom is 0.205 e. The van der Waals surface area contributed by atoms with Gasteiger partial charge in [0.2, 0.25) is 6.17 Å². The Morgan fingerprint density at radius 2 is 2.60 bits per heavy atom. The first-order chi connectivity index (χ1) is 4.74. The fourth-order valence-electron chi connectivity index (χ4n) is 0.590. The summed E-state index contributed by atoms with van der Waals surface area (Å²) >= 11 is 0. The van der Waals surface area contributed by atoms with E-state index in [-0.39, 0.29) is 5.69 Å². The van der Waals surface area contributed by atoms with Crippen LogP contribution in [-0.2, 0) is 0 Å². The predicted octanol–water partition coefficient (Wildman–Crippen LogP) is 1.63. The van der Waals surface area contributed by atoms with E-state index >= 15 is 0 Å². The molecule has 52 valence electrons. The number of alkyl halides is 1. The van der Waals surface area contributed by atoms with E-state index in [0.717, 1.165) is 0 Å². The summed E-state index contributed by atoms with van der Waals surface area (Å²) in [6.07, 6.45) is 3.36. The molecule has 0 saturated carbocycles. The van der Waals surface area contributed by atoms with Gasteiger partial charge in [-0.3, -0.25) is 0 Å². The minimum atomic E-state index is -1.45. The Labute approximate surface area is 58.0 Å². The molecule has 1 aromatic heterocycles. The van der Waals surface area contributed by atoms with Crippen molar-refractivity contribution in [2.24, 2.45) is 0 Å². The lowest BCUT2D eigenvalue weighted by Crippen LogP contribution is -1.85. The van der Waals surface area contributed by atoms with E-state index in [9.17, 15) is 4.39 Å². The molecule has 0 amide bonds. The smallest absolute Gasteiger partial charge is 0.205 e. The predicted molar refractivity (Wildman–Crippen MR) is 33.9 cm³/mol. The zero-order valence-corrected chi connectivity index (χ0v) is 5.47. The summed E-state index contributed by atoms with van der Waals surface area (Å²) in [6, 6.07) is 1.48. The van der Waals surface area contributed by atoms with Crippen molar-refractivity contribution in [3.63, 3.8) is 0 Å². The average molecular weight is 139 g/mol. The van der Waals surface area contributed by atoms with Gasteiger partial charge in [0, 0.05) is 6.07 Å². The van der Waals surface area contributed by atoms with Crippen molar-refractivity contribution < 1.29 is 8.91 Å². The second kappa shape index (κ2) is 2.53. The molecule has 0 radical (unpaired) electrons. The molecule has 3 heteroatoms. The number of aryl methyl sites for hydroxylation is 1. The standard InChI is InChI=1S/C7H6FNO/c1-3-6(8)7-4-5(2)10-9-7/h1,4,6H,2H3. The van der Waals surface area contributed by atoms with Crippen LogP contribution in [0.4, 0.5) is 4.39 Å². The van der Waals surface area contributed by atoms with E-state index in [0.29, 0.717) is 5.76 Å². The van der Waals surface area contributed by atoms with Gasteiger partial charge in [-0.05, 0) is 6.92 Å². The maximum absolute atomic E-state index is 12.5. The number of rotatable bonds is 1. The Morgan fingerprint density at radius 3 is 3.00 bits per heavy atom. The topological polar surface area (TPSA) is 26.0 Å². The highest BCUT2D eigenvalue weighted by Gasteiger charge is 2.09. The lowest BCUT2D eigenvalue weighted by atomic mass is 10.3. The number of hydrogen-bond donors (Lipinski definition) is 0. The highest BCUT2D eigenvalue weighted by atomic mass is 19.1. The summed E-state index contributed by atoms with van der Waals surface area (Å²) in [6.45, 7) is 1.68. The largest absolute Gasteiger partial charge is 0.361 e. The SMILES string of the molecule is C#CC(F)c1cc(C)on1. The molecule has 10 heavy (non-hydrogen) atoms. The quantitative estimate of drug-likeness (QED) is 0.552. The molecule has 0 aliphatic rings. The summed E-state index contributed by atoms with van der Waals surface area (Å²) in [7, 11) is 0. The molecular weight excluding hydrogens is 133 g/mol. The second-order valence-electron chi connectivity index (χ2n) is 1.89. The van der Waals surface area contributed by atoms with Crippen molar-refractivity contribution in [2.45, 2.75) is 13.1 Å². The van der Waals surface area contributed by atoms with Crippen molar-refractivity contribution in [1.29, 1.82) is 0 Å². The zero-order chi connectivity index (χ0) is 7.56. The number of halogens is 1. The monoisotopic (exact) mass is 139 g/mol. The van der Waals surface area contributed by atoms with Gasteiger partial charge in [0.15, 0.2) is 0 Å². The van der Waals surface area contributed by atoms with Gasteiger partial charge in [0.05, 0.1) is 0 Å². The molecule has 0 aliphatic carbocycles. The second-order valence-corrected chi connectivity index (χ2v) is 1.89. The Kier molecular flexibility index (Phi) is 1.72. The van der Waals surface area contributed by atoms with Crippen LogP contribution in [0.3, 0.4) is 0 Å². The van der Waals surface area contributed by atoms with Gasteiger partial charge in [0.1, 0.15) is 11.5 Å². The summed E-state index contributed by atoms with van der Waals surface area (Å²) in [5, 5.41) is 3.39. The summed E-state index contributed by atoms with van der Waals surface area (Å²) in [4.78, 5) is 0. The van der Waals surface area contributed by atoms with Gasteiger partial charge in [-0.15, -0.1) is 6.42 Å². The highest BCUT2D eigenvalue weighted by Crippen LogP contribution is 2.14. The Bertz CT molecular complexity index is 261. The molecule has 2 nitrogen and oxygen atoms in total. The summed E-state index contributed by atoms with van der Waals surface area (Å²) in [5.41, 5.74) is 0.167. The van der Waals surface area contributed by atoms with E-state index in [4.69, 9.17) is 6.42 Å². The van der Waals surface area contributed by atoms with Gasteiger partial charge < -0.3 is 4.52 Å².